The van der Waals surface area contributed by atoms with Crippen molar-refractivity contribution in [1.82, 2.24) is 10.2 Å². The highest BCUT2D eigenvalue weighted by atomic mass is 16.4. The van der Waals surface area contributed by atoms with Crippen LogP contribution in [-0.2, 0) is 9.59 Å². The van der Waals surface area contributed by atoms with Gasteiger partial charge in [-0.25, -0.2) is 0 Å². The minimum atomic E-state index is -0.905. The van der Waals surface area contributed by atoms with Crippen molar-refractivity contribution in [1.29, 1.82) is 0 Å². The van der Waals surface area contributed by atoms with E-state index >= 15 is 0 Å². The van der Waals surface area contributed by atoms with Crippen molar-refractivity contribution in [2.75, 3.05) is 19.6 Å². The summed E-state index contributed by atoms with van der Waals surface area (Å²) in [6.45, 7) is 7.78. The first-order valence-corrected chi connectivity index (χ1v) is 6.73. The molecule has 1 fully saturated rings. The van der Waals surface area contributed by atoms with Crippen LogP contribution in [0.15, 0.2) is 0 Å². The predicted molar refractivity (Wildman–Crippen MR) is 69.2 cm³/mol. The maximum atomic E-state index is 12.4. The van der Waals surface area contributed by atoms with E-state index in [-0.39, 0.29) is 11.9 Å². The smallest absolute Gasteiger partial charge is 0.307 e. The van der Waals surface area contributed by atoms with Gasteiger partial charge in [0.05, 0.1) is 5.92 Å². The lowest BCUT2D eigenvalue weighted by molar-refractivity contribution is -0.150. The summed E-state index contributed by atoms with van der Waals surface area (Å²) in [6.07, 6.45) is 1.90. The number of nitrogens with zero attached hydrogens (tertiary/aromatic N) is 1. The van der Waals surface area contributed by atoms with Gasteiger partial charge in [0.25, 0.3) is 0 Å². The fourth-order valence-corrected chi connectivity index (χ4v) is 2.40. The Hall–Kier alpha value is -1.10. The van der Waals surface area contributed by atoms with Gasteiger partial charge in [-0.15, -0.1) is 0 Å². The zero-order valence-electron chi connectivity index (χ0n) is 11.5. The van der Waals surface area contributed by atoms with Crippen LogP contribution in [-0.4, -0.2) is 47.6 Å². The molecule has 0 aromatic heterocycles. The summed E-state index contributed by atoms with van der Waals surface area (Å²) in [6, 6.07) is 0.257. The third-order valence-electron chi connectivity index (χ3n) is 3.90. The fraction of sp³-hybridized carbons (Fsp3) is 0.846. The van der Waals surface area contributed by atoms with Crippen LogP contribution < -0.4 is 5.32 Å². The van der Waals surface area contributed by atoms with Gasteiger partial charge in [0, 0.05) is 18.5 Å². The number of piperidine rings is 1. The number of amides is 1. The number of carboxylic acid groups (broad SMARTS) is 1. The number of hydrogen-bond donors (Lipinski definition) is 2. The molecule has 1 amide bonds. The molecule has 2 N–H and O–H groups in total. The summed E-state index contributed by atoms with van der Waals surface area (Å²) in [5.41, 5.74) is 0. The zero-order valence-corrected chi connectivity index (χ0v) is 11.5. The summed E-state index contributed by atoms with van der Waals surface area (Å²) in [5, 5.41) is 12.3. The molecule has 1 saturated heterocycles. The summed E-state index contributed by atoms with van der Waals surface area (Å²) < 4.78 is 0. The normalized spacial score (nSPS) is 20.2. The van der Waals surface area contributed by atoms with Gasteiger partial charge in [0.15, 0.2) is 0 Å². The number of aliphatic carboxylic acids is 1. The van der Waals surface area contributed by atoms with Gasteiger partial charge >= 0.3 is 5.97 Å². The Bertz CT molecular complexity index is 301. The van der Waals surface area contributed by atoms with Crippen LogP contribution in [0.4, 0.5) is 0 Å². The molecule has 0 bridgehead atoms. The topological polar surface area (TPSA) is 69.6 Å². The second kappa shape index (κ2) is 6.73. The van der Waals surface area contributed by atoms with Gasteiger partial charge in [-0.2, -0.15) is 0 Å². The third kappa shape index (κ3) is 3.45. The second-order valence-electron chi connectivity index (χ2n) is 5.02. The van der Waals surface area contributed by atoms with Gasteiger partial charge in [-0.05, 0) is 32.9 Å². The van der Waals surface area contributed by atoms with E-state index in [0.29, 0.717) is 6.54 Å². The van der Waals surface area contributed by atoms with Crippen LogP contribution >= 0.6 is 0 Å². The fourth-order valence-electron chi connectivity index (χ4n) is 2.40. The maximum absolute atomic E-state index is 12.4. The molecular formula is C13H24N2O3. The summed E-state index contributed by atoms with van der Waals surface area (Å²) >= 11 is 0. The van der Waals surface area contributed by atoms with Crippen molar-refractivity contribution in [2.45, 2.75) is 39.7 Å². The average Bonchev–Trinajstić information content (AvgIpc) is 2.38. The van der Waals surface area contributed by atoms with Crippen molar-refractivity contribution in [2.24, 2.45) is 11.8 Å². The van der Waals surface area contributed by atoms with Gasteiger partial charge in [-0.3, -0.25) is 9.59 Å². The standard InChI is InChI=1S/C13H24N2O3/c1-4-15(11-5-7-14-8-6-11)12(16)9(2)10(3)13(17)18/h9-11,14H,4-8H2,1-3H3,(H,17,18). The number of carbonyl (C=O) groups excluding carboxylic acids is 1. The number of rotatable bonds is 5. The van der Waals surface area contributed by atoms with Crippen molar-refractivity contribution < 1.29 is 14.7 Å². The number of hydrogen-bond acceptors (Lipinski definition) is 3. The summed E-state index contributed by atoms with van der Waals surface area (Å²) in [7, 11) is 0. The van der Waals surface area contributed by atoms with E-state index in [1.54, 1.807) is 13.8 Å². The molecule has 0 saturated carbocycles. The predicted octanol–water partition coefficient (Wildman–Crippen LogP) is 0.944. The third-order valence-corrected chi connectivity index (χ3v) is 3.90. The molecule has 18 heavy (non-hydrogen) atoms. The first-order chi connectivity index (χ1) is 8.49. The van der Waals surface area contributed by atoms with Crippen molar-refractivity contribution in [3.05, 3.63) is 0 Å². The van der Waals surface area contributed by atoms with E-state index in [9.17, 15) is 9.59 Å². The Balaban J connectivity index is 2.68. The van der Waals surface area contributed by atoms with E-state index in [1.165, 1.54) is 0 Å². The van der Waals surface area contributed by atoms with Crippen LogP contribution in [0.3, 0.4) is 0 Å². The lowest BCUT2D eigenvalue weighted by Crippen LogP contribution is -2.49. The number of carbonyl (C=O) groups is 2. The average molecular weight is 256 g/mol. The van der Waals surface area contributed by atoms with Gasteiger partial charge in [-0.1, -0.05) is 13.8 Å². The van der Waals surface area contributed by atoms with Crippen LogP contribution in [0.5, 0.6) is 0 Å². The first kappa shape index (κ1) is 15.0. The van der Waals surface area contributed by atoms with E-state index in [1.807, 2.05) is 11.8 Å². The molecule has 0 aromatic carbocycles. The van der Waals surface area contributed by atoms with Crippen LogP contribution in [0, 0.1) is 11.8 Å². The van der Waals surface area contributed by atoms with E-state index in [2.05, 4.69) is 5.32 Å². The molecule has 2 atom stereocenters. The molecule has 5 heteroatoms. The number of nitrogens with one attached hydrogen (secondary N) is 1. The highest BCUT2D eigenvalue weighted by molar-refractivity contribution is 5.84. The minimum absolute atomic E-state index is 0.0284. The molecule has 104 valence electrons. The Morgan fingerprint density at radius 2 is 1.83 bits per heavy atom. The maximum Gasteiger partial charge on any atom is 0.307 e. The highest BCUT2D eigenvalue weighted by Gasteiger charge is 2.32. The minimum Gasteiger partial charge on any atom is -0.481 e. The largest absolute Gasteiger partial charge is 0.481 e. The van der Waals surface area contributed by atoms with Crippen molar-refractivity contribution in [3.63, 3.8) is 0 Å². The van der Waals surface area contributed by atoms with Gasteiger partial charge in [0.1, 0.15) is 0 Å². The van der Waals surface area contributed by atoms with E-state index in [0.717, 1.165) is 25.9 Å². The molecule has 1 aliphatic rings. The summed E-state index contributed by atoms with van der Waals surface area (Å²) in [5.74, 6) is -2.03. The second-order valence-corrected chi connectivity index (χ2v) is 5.02. The molecule has 0 aliphatic carbocycles. The van der Waals surface area contributed by atoms with E-state index in [4.69, 9.17) is 5.11 Å². The lowest BCUT2D eigenvalue weighted by atomic mass is 9.93. The molecular weight excluding hydrogens is 232 g/mol. The zero-order chi connectivity index (χ0) is 13.7. The Kier molecular flexibility index (Phi) is 5.59. The Morgan fingerprint density at radius 3 is 2.28 bits per heavy atom. The van der Waals surface area contributed by atoms with Crippen LogP contribution in [0.25, 0.3) is 0 Å². The quantitative estimate of drug-likeness (QED) is 0.768. The number of carboxylic acids is 1. The van der Waals surface area contributed by atoms with Gasteiger partial charge in [0.2, 0.25) is 5.91 Å². The molecule has 5 nitrogen and oxygen atoms in total. The molecule has 2 unspecified atom stereocenters. The van der Waals surface area contributed by atoms with Crippen LogP contribution in [0.2, 0.25) is 0 Å². The Morgan fingerprint density at radius 1 is 1.28 bits per heavy atom. The molecule has 1 aliphatic heterocycles. The Labute approximate surface area is 109 Å². The highest BCUT2D eigenvalue weighted by Crippen LogP contribution is 2.19. The van der Waals surface area contributed by atoms with Gasteiger partial charge < -0.3 is 15.3 Å². The van der Waals surface area contributed by atoms with Crippen molar-refractivity contribution >= 4 is 11.9 Å². The monoisotopic (exact) mass is 256 g/mol. The van der Waals surface area contributed by atoms with Crippen LogP contribution in [0.1, 0.15) is 33.6 Å². The summed E-state index contributed by atoms with van der Waals surface area (Å²) in [4.78, 5) is 25.2. The molecule has 0 aromatic rings. The molecule has 1 heterocycles. The molecule has 0 radical (unpaired) electrons. The molecule has 0 spiro atoms. The molecule has 1 rings (SSSR count). The van der Waals surface area contributed by atoms with E-state index < -0.39 is 17.8 Å². The SMILES string of the molecule is CCN(C(=O)C(C)C(C)C(=O)O)C1CCNCC1. The van der Waals surface area contributed by atoms with Crippen molar-refractivity contribution in [3.8, 4) is 0 Å². The first-order valence-electron chi connectivity index (χ1n) is 6.73. The lowest BCUT2D eigenvalue weighted by Gasteiger charge is -2.36.